The van der Waals surface area contributed by atoms with E-state index in [1.807, 2.05) is 0 Å². The Morgan fingerprint density at radius 1 is 0.862 bits per heavy atom. The van der Waals surface area contributed by atoms with E-state index in [0.717, 1.165) is 12.8 Å². The monoisotopic (exact) mass is 408 g/mol. The van der Waals surface area contributed by atoms with Gasteiger partial charge in [-0.1, -0.05) is 18.7 Å². The van der Waals surface area contributed by atoms with Crippen LogP contribution in [0, 0.1) is 29.2 Å². The summed E-state index contributed by atoms with van der Waals surface area (Å²) < 4.78 is 66.9. The second kappa shape index (κ2) is 9.33. The van der Waals surface area contributed by atoms with Gasteiger partial charge in [0.2, 0.25) is 11.6 Å². The Bertz CT molecular complexity index is 874. The van der Waals surface area contributed by atoms with E-state index in [2.05, 4.69) is 6.58 Å². The summed E-state index contributed by atoms with van der Waals surface area (Å²) in [7, 11) is 0. The van der Waals surface area contributed by atoms with Gasteiger partial charge >= 0.3 is 0 Å². The summed E-state index contributed by atoms with van der Waals surface area (Å²) in [5.41, 5.74) is 0.443. The van der Waals surface area contributed by atoms with Crippen LogP contribution in [0.1, 0.15) is 49.7 Å². The maximum atomic E-state index is 14.4. The highest BCUT2D eigenvalue weighted by Crippen LogP contribution is 2.39. The van der Waals surface area contributed by atoms with Crippen LogP contribution in [0.3, 0.4) is 0 Å². The van der Waals surface area contributed by atoms with E-state index in [9.17, 15) is 17.6 Å². The molecular formula is C23H24F4O2. The molecule has 0 atom stereocenters. The maximum Gasteiger partial charge on any atom is 0.201 e. The molecule has 0 heterocycles. The van der Waals surface area contributed by atoms with Crippen LogP contribution in [0.15, 0.2) is 30.8 Å². The van der Waals surface area contributed by atoms with Gasteiger partial charge in [-0.05, 0) is 68.2 Å². The molecule has 2 aromatic rings. The third-order valence-electron chi connectivity index (χ3n) is 5.43. The first-order valence-electron chi connectivity index (χ1n) is 9.80. The Kier molecular flexibility index (Phi) is 6.83. The van der Waals surface area contributed by atoms with E-state index in [-0.39, 0.29) is 42.1 Å². The Morgan fingerprint density at radius 2 is 1.48 bits per heavy atom. The molecule has 29 heavy (non-hydrogen) atoms. The van der Waals surface area contributed by atoms with Crippen LogP contribution in [-0.4, -0.2) is 13.2 Å². The minimum atomic E-state index is -1.02. The third kappa shape index (κ3) is 4.57. The molecule has 2 aromatic carbocycles. The number of benzene rings is 2. The Hall–Kier alpha value is -2.50. The van der Waals surface area contributed by atoms with Crippen molar-refractivity contribution in [3.63, 3.8) is 0 Å². The van der Waals surface area contributed by atoms with Crippen LogP contribution in [0.4, 0.5) is 17.6 Å². The van der Waals surface area contributed by atoms with Gasteiger partial charge in [-0.25, -0.2) is 8.78 Å². The number of hydrogen-bond donors (Lipinski definition) is 0. The predicted molar refractivity (Wildman–Crippen MR) is 104 cm³/mol. The predicted octanol–water partition coefficient (Wildman–Crippen LogP) is 6.64. The number of halogens is 4. The molecule has 6 heteroatoms. The van der Waals surface area contributed by atoms with Gasteiger partial charge < -0.3 is 9.47 Å². The van der Waals surface area contributed by atoms with Gasteiger partial charge in [0.05, 0.1) is 13.2 Å². The second-order valence-corrected chi connectivity index (χ2v) is 7.23. The van der Waals surface area contributed by atoms with Crippen molar-refractivity contribution < 1.29 is 27.0 Å². The molecule has 1 aliphatic rings. The van der Waals surface area contributed by atoms with E-state index in [1.165, 1.54) is 24.3 Å². The van der Waals surface area contributed by atoms with Gasteiger partial charge in [-0.3, -0.25) is 0 Å². The first kappa shape index (κ1) is 21.2. The lowest BCUT2D eigenvalue weighted by molar-refractivity contribution is 0.191. The summed E-state index contributed by atoms with van der Waals surface area (Å²) in [6, 6.07) is 5.86. The largest absolute Gasteiger partial charge is 0.491 e. The molecule has 0 aromatic heterocycles. The lowest BCUT2D eigenvalue weighted by atomic mass is 9.79. The molecule has 0 saturated heterocycles. The van der Waals surface area contributed by atoms with Crippen molar-refractivity contribution >= 4 is 6.08 Å². The summed E-state index contributed by atoms with van der Waals surface area (Å²) in [5, 5.41) is 0. The first-order chi connectivity index (χ1) is 14.0. The van der Waals surface area contributed by atoms with Gasteiger partial charge in [0.25, 0.3) is 0 Å². The van der Waals surface area contributed by atoms with Crippen molar-refractivity contribution in [3.05, 3.63) is 65.2 Å². The molecule has 1 fully saturated rings. The van der Waals surface area contributed by atoms with Crippen molar-refractivity contribution in [1.82, 2.24) is 0 Å². The average molecular weight is 408 g/mol. The van der Waals surface area contributed by atoms with Crippen molar-refractivity contribution in [2.75, 3.05) is 13.2 Å². The van der Waals surface area contributed by atoms with Crippen LogP contribution in [0.2, 0.25) is 0 Å². The fraction of sp³-hybridized carbons (Fsp3) is 0.391. The summed E-state index contributed by atoms with van der Waals surface area (Å²) in [6.07, 6.45) is 4.04. The van der Waals surface area contributed by atoms with Gasteiger partial charge in [-0.2, -0.15) is 8.78 Å². The normalized spacial score (nSPS) is 19.1. The zero-order valence-electron chi connectivity index (χ0n) is 16.3. The lowest BCUT2D eigenvalue weighted by Gasteiger charge is -2.29. The molecule has 0 spiro atoms. The maximum absolute atomic E-state index is 14.4. The van der Waals surface area contributed by atoms with Gasteiger partial charge in [0.1, 0.15) is 0 Å². The Labute approximate surface area is 168 Å². The molecule has 1 aliphatic carbocycles. The number of hydrogen-bond acceptors (Lipinski definition) is 2. The fourth-order valence-electron chi connectivity index (χ4n) is 3.79. The molecule has 0 N–H and O–H groups in total. The molecule has 1 saturated carbocycles. The molecule has 0 bridgehead atoms. The fourth-order valence-corrected chi connectivity index (χ4v) is 3.79. The van der Waals surface area contributed by atoms with Crippen LogP contribution in [0.5, 0.6) is 11.5 Å². The standard InChI is InChI=1S/C23H24F4O2/c1-3-15-9-11-19(22(26)20(15)24)29-13-14-5-7-16(8-6-14)17-10-12-18(28-4-2)23(27)21(17)25/h3,9-12,14,16H,1,4-8,13H2,2H3. The molecule has 156 valence electrons. The molecule has 3 rings (SSSR count). The second-order valence-electron chi connectivity index (χ2n) is 7.23. The highest BCUT2D eigenvalue weighted by Gasteiger charge is 2.27. The zero-order chi connectivity index (χ0) is 21.0. The van der Waals surface area contributed by atoms with Gasteiger partial charge in [-0.15, -0.1) is 0 Å². The molecule has 0 amide bonds. The third-order valence-corrected chi connectivity index (χ3v) is 5.43. The summed E-state index contributed by atoms with van der Waals surface area (Å²) in [5.74, 6) is -3.95. The van der Waals surface area contributed by atoms with Gasteiger partial charge in [0.15, 0.2) is 23.1 Å². The minimum absolute atomic E-state index is 0.0763. The van der Waals surface area contributed by atoms with E-state index < -0.39 is 23.3 Å². The van der Waals surface area contributed by atoms with Crippen LogP contribution in [0.25, 0.3) is 6.08 Å². The van der Waals surface area contributed by atoms with Crippen molar-refractivity contribution in [3.8, 4) is 11.5 Å². The quantitative estimate of drug-likeness (QED) is 0.478. The molecular weight excluding hydrogens is 384 g/mol. The van der Waals surface area contributed by atoms with Crippen LogP contribution < -0.4 is 9.47 Å². The number of rotatable bonds is 7. The lowest BCUT2D eigenvalue weighted by Crippen LogP contribution is -2.20. The SMILES string of the molecule is C=Cc1ccc(OCC2CCC(c3ccc(OCC)c(F)c3F)CC2)c(F)c1F. The highest BCUT2D eigenvalue weighted by atomic mass is 19.2. The van der Waals surface area contributed by atoms with Crippen molar-refractivity contribution in [1.29, 1.82) is 0 Å². The van der Waals surface area contributed by atoms with E-state index in [0.29, 0.717) is 18.4 Å². The molecule has 0 radical (unpaired) electrons. The van der Waals surface area contributed by atoms with E-state index in [1.54, 1.807) is 13.0 Å². The van der Waals surface area contributed by atoms with Gasteiger partial charge in [0, 0.05) is 5.56 Å². The number of ether oxygens (including phenoxy) is 2. The van der Waals surface area contributed by atoms with Crippen LogP contribution >= 0.6 is 0 Å². The first-order valence-corrected chi connectivity index (χ1v) is 9.80. The Morgan fingerprint density at radius 3 is 2.14 bits per heavy atom. The van der Waals surface area contributed by atoms with E-state index >= 15 is 0 Å². The van der Waals surface area contributed by atoms with Crippen molar-refractivity contribution in [2.45, 2.75) is 38.5 Å². The molecule has 2 nitrogen and oxygen atoms in total. The van der Waals surface area contributed by atoms with Crippen molar-refractivity contribution in [2.24, 2.45) is 5.92 Å². The minimum Gasteiger partial charge on any atom is -0.491 e. The topological polar surface area (TPSA) is 18.5 Å². The average Bonchev–Trinajstić information content (AvgIpc) is 2.73. The van der Waals surface area contributed by atoms with E-state index in [4.69, 9.17) is 9.47 Å². The Balaban J connectivity index is 1.58. The highest BCUT2D eigenvalue weighted by molar-refractivity contribution is 5.50. The molecule has 0 unspecified atom stereocenters. The summed E-state index contributed by atoms with van der Waals surface area (Å²) in [4.78, 5) is 0. The smallest absolute Gasteiger partial charge is 0.201 e. The summed E-state index contributed by atoms with van der Waals surface area (Å²) >= 11 is 0. The molecule has 0 aliphatic heterocycles. The summed E-state index contributed by atoms with van der Waals surface area (Å²) in [6.45, 7) is 5.66. The van der Waals surface area contributed by atoms with Crippen LogP contribution in [-0.2, 0) is 0 Å². The zero-order valence-corrected chi connectivity index (χ0v) is 16.3.